The van der Waals surface area contributed by atoms with Gasteiger partial charge in [0.25, 0.3) is 5.91 Å². The lowest BCUT2D eigenvalue weighted by atomic mass is 9.95. The number of rotatable bonds is 10. The molecule has 144 valence electrons. The Morgan fingerprint density at radius 1 is 1.11 bits per heavy atom. The van der Waals surface area contributed by atoms with Gasteiger partial charge in [-0.1, -0.05) is 50.1 Å². The standard InChI is InChI=1S/C22H29N3O2/c1-2-3-5-11-19-20(16-18-9-6-4-7-10-18)25(22(27)21(19)26)14-8-13-24-15-12-23-17-24/h4,6-7,9-10,12,15,17,20,26H,2-3,5,8,11,13-14,16H2,1H3. The number of nitrogens with zero attached hydrogens (tertiary/aromatic N) is 3. The van der Waals surface area contributed by atoms with Gasteiger partial charge in [0, 0.05) is 31.1 Å². The maximum atomic E-state index is 12.7. The number of hydrogen-bond donors (Lipinski definition) is 1. The molecule has 0 saturated heterocycles. The first-order chi connectivity index (χ1) is 13.2. The SMILES string of the molecule is CCCCCC1=C(O)C(=O)N(CCCn2ccnc2)C1Cc1ccccc1. The maximum Gasteiger partial charge on any atom is 0.289 e. The summed E-state index contributed by atoms with van der Waals surface area (Å²) in [5.74, 6) is -0.234. The van der Waals surface area contributed by atoms with Gasteiger partial charge in [-0.2, -0.15) is 0 Å². The third kappa shape index (κ3) is 4.79. The predicted molar refractivity (Wildman–Crippen MR) is 106 cm³/mol. The minimum atomic E-state index is -0.215. The summed E-state index contributed by atoms with van der Waals surface area (Å²) in [4.78, 5) is 18.7. The molecule has 0 radical (unpaired) electrons. The minimum Gasteiger partial charge on any atom is -0.503 e. The largest absolute Gasteiger partial charge is 0.503 e. The third-order valence-electron chi connectivity index (χ3n) is 5.24. The van der Waals surface area contributed by atoms with Crippen LogP contribution >= 0.6 is 0 Å². The monoisotopic (exact) mass is 367 g/mol. The van der Waals surface area contributed by atoms with E-state index in [-0.39, 0.29) is 17.7 Å². The van der Waals surface area contributed by atoms with E-state index in [1.165, 1.54) is 5.56 Å². The van der Waals surface area contributed by atoms with Crippen LogP contribution in [0, 0.1) is 0 Å². The molecule has 1 aliphatic heterocycles. The Labute approximate surface area is 161 Å². The van der Waals surface area contributed by atoms with E-state index >= 15 is 0 Å². The van der Waals surface area contributed by atoms with Crippen molar-refractivity contribution in [1.29, 1.82) is 0 Å². The maximum absolute atomic E-state index is 12.7. The lowest BCUT2D eigenvalue weighted by Gasteiger charge is -2.27. The molecule has 2 aromatic rings. The first kappa shape index (κ1) is 19.2. The van der Waals surface area contributed by atoms with Gasteiger partial charge in [-0.15, -0.1) is 0 Å². The number of aromatic nitrogens is 2. The normalized spacial score (nSPS) is 17.1. The van der Waals surface area contributed by atoms with Gasteiger partial charge in [-0.25, -0.2) is 4.98 Å². The molecule has 2 heterocycles. The van der Waals surface area contributed by atoms with E-state index in [4.69, 9.17) is 0 Å². The number of unbranched alkanes of at least 4 members (excludes halogenated alkanes) is 2. The van der Waals surface area contributed by atoms with Crippen LogP contribution < -0.4 is 0 Å². The molecule has 0 saturated carbocycles. The molecule has 1 atom stereocenters. The van der Waals surface area contributed by atoms with Crippen molar-refractivity contribution in [2.75, 3.05) is 6.54 Å². The van der Waals surface area contributed by atoms with Crippen LogP contribution in [0.1, 0.15) is 44.6 Å². The molecule has 5 nitrogen and oxygen atoms in total. The molecular formula is C22H29N3O2. The van der Waals surface area contributed by atoms with E-state index in [0.717, 1.165) is 50.6 Å². The molecule has 0 bridgehead atoms. The van der Waals surface area contributed by atoms with Crippen LogP contribution in [0.15, 0.2) is 60.4 Å². The van der Waals surface area contributed by atoms with Crippen molar-refractivity contribution < 1.29 is 9.90 Å². The Bertz CT molecular complexity index is 753. The first-order valence-electron chi connectivity index (χ1n) is 9.93. The van der Waals surface area contributed by atoms with Gasteiger partial charge in [0.05, 0.1) is 12.4 Å². The van der Waals surface area contributed by atoms with Crippen molar-refractivity contribution >= 4 is 5.91 Å². The zero-order chi connectivity index (χ0) is 19.1. The van der Waals surface area contributed by atoms with Crippen LogP contribution in [-0.2, 0) is 17.8 Å². The summed E-state index contributed by atoms with van der Waals surface area (Å²) in [6.07, 6.45) is 11.1. The number of hydrogen-bond acceptors (Lipinski definition) is 3. The van der Waals surface area contributed by atoms with Gasteiger partial charge in [-0.3, -0.25) is 4.79 Å². The van der Waals surface area contributed by atoms with Crippen molar-refractivity contribution in [3.8, 4) is 0 Å². The van der Waals surface area contributed by atoms with E-state index in [2.05, 4.69) is 24.0 Å². The fourth-order valence-corrected chi connectivity index (χ4v) is 3.78. The zero-order valence-electron chi connectivity index (χ0n) is 16.1. The second-order valence-electron chi connectivity index (χ2n) is 7.19. The molecule has 1 unspecified atom stereocenters. The highest BCUT2D eigenvalue weighted by Crippen LogP contribution is 2.31. The van der Waals surface area contributed by atoms with E-state index in [1.807, 2.05) is 33.9 Å². The van der Waals surface area contributed by atoms with Crippen molar-refractivity contribution in [2.45, 2.75) is 58.0 Å². The molecule has 1 N–H and O–H groups in total. The van der Waals surface area contributed by atoms with E-state index < -0.39 is 0 Å². The van der Waals surface area contributed by atoms with Crippen LogP contribution in [0.4, 0.5) is 0 Å². The number of amides is 1. The summed E-state index contributed by atoms with van der Waals surface area (Å²) in [5.41, 5.74) is 2.11. The summed E-state index contributed by atoms with van der Waals surface area (Å²) in [7, 11) is 0. The van der Waals surface area contributed by atoms with Gasteiger partial charge in [0.15, 0.2) is 5.76 Å². The van der Waals surface area contributed by atoms with Crippen LogP contribution in [0.3, 0.4) is 0 Å². The highest BCUT2D eigenvalue weighted by molar-refractivity contribution is 5.95. The molecule has 5 heteroatoms. The van der Waals surface area contributed by atoms with Gasteiger partial charge in [-0.05, 0) is 31.2 Å². The lowest BCUT2D eigenvalue weighted by Crippen LogP contribution is -2.38. The fourth-order valence-electron chi connectivity index (χ4n) is 3.78. The van der Waals surface area contributed by atoms with Crippen molar-refractivity contribution in [2.24, 2.45) is 0 Å². The van der Waals surface area contributed by atoms with Crippen LogP contribution in [0.25, 0.3) is 0 Å². The highest BCUT2D eigenvalue weighted by atomic mass is 16.3. The summed E-state index contributed by atoms with van der Waals surface area (Å²) in [6, 6.07) is 10.2. The second kappa shape index (κ2) is 9.40. The van der Waals surface area contributed by atoms with Gasteiger partial charge in [0.2, 0.25) is 0 Å². The van der Waals surface area contributed by atoms with Crippen LogP contribution in [-0.4, -0.2) is 38.1 Å². The summed E-state index contributed by atoms with van der Waals surface area (Å²) < 4.78 is 2.02. The fraction of sp³-hybridized carbons (Fsp3) is 0.455. The van der Waals surface area contributed by atoms with E-state index in [9.17, 15) is 9.90 Å². The molecular weight excluding hydrogens is 338 g/mol. The second-order valence-corrected chi connectivity index (χ2v) is 7.19. The predicted octanol–water partition coefficient (Wildman–Crippen LogP) is 4.12. The number of benzene rings is 1. The van der Waals surface area contributed by atoms with Crippen molar-refractivity contribution in [3.63, 3.8) is 0 Å². The van der Waals surface area contributed by atoms with Gasteiger partial charge >= 0.3 is 0 Å². The number of aliphatic hydroxyl groups excluding tert-OH is 1. The average molecular weight is 367 g/mol. The first-order valence-corrected chi connectivity index (χ1v) is 9.93. The lowest BCUT2D eigenvalue weighted by molar-refractivity contribution is -0.129. The molecule has 0 aliphatic carbocycles. The Morgan fingerprint density at radius 3 is 2.63 bits per heavy atom. The summed E-state index contributed by atoms with van der Waals surface area (Å²) in [6.45, 7) is 3.61. The number of carbonyl (C=O) groups is 1. The molecule has 0 spiro atoms. The Hall–Kier alpha value is -2.56. The smallest absolute Gasteiger partial charge is 0.289 e. The Morgan fingerprint density at radius 2 is 1.93 bits per heavy atom. The number of aliphatic hydroxyl groups is 1. The van der Waals surface area contributed by atoms with E-state index in [1.54, 1.807) is 12.5 Å². The third-order valence-corrected chi connectivity index (χ3v) is 5.24. The number of aryl methyl sites for hydroxylation is 1. The summed E-state index contributed by atoms with van der Waals surface area (Å²) in [5, 5.41) is 10.5. The van der Waals surface area contributed by atoms with Crippen LogP contribution in [0.2, 0.25) is 0 Å². The zero-order valence-corrected chi connectivity index (χ0v) is 16.1. The molecule has 1 amide bonds. The molecule has 1 aromatic heterocycles. The Kier molecular flexibility index (Phi) is 6.69. The minimum absolute atomic E-state index is 0.0188. The van der Waals surface area contributed by atoms with Gasteiger partial charge < -0.3 is 14.6 Å². The molecule has 1 aliphatic rings. The van der Waals surface area contributed by atoms with Crippen molar-refractivity contribution in [1.82, 2.24) is 14.5 Å². The number of imidazole rings is 1. The van der Waals surface area contributed by atoms with Gasteiger partial charge in [0.1, 0.15) is 0 Å². The molecule has 0 fully saturated rings. The number of carbonyl (C=O) groups excluding carboxylic acids is 1. The van der Waals surface area contributed by atoms with Crippen LogP contribution in [0.5, 0.6) is 0 Å². The van der Waals surface area contributed by atoms with Crippen molar-refractivity contribution in [3.05, 3.63) is 65.9 Å². The highest BCUT2D eigenvalue weighted by Gasteiger charge is 2.38. The molecule has 27 heavy (non-hydrogen) atoms. The van der Waals surface area contributed by atoms with E-state index in [0.29, 0.717) is 6.54 Å². The molecule has 3 rings (SSSR count). The average Bonchev–Trinajstić information content (AvgIpc) is 3.27. The topological polar surface area (TPSA) is 58.4 Å². The Balaban J connectivity index is 1.72. The molecule has 1 aromatic carbocycles. The summed E-state index contributed by atoms with van der Waals surface area (Å²) >= 11 is 0. The quantitative estimate of drug-likeness (QED) is 0.643.